The maximum absolute atomic E-state index is 12.9. The number of aliphatic imine (C=N–C) groups is 1. The number of aromatic nitrogens is 1. The lowest BCUT2D eigenvalue weighted by Gasteiger charge is -2.25. The highest BCUT2D eigenvalue weighted by Gasteiger charge is 2.31. The first kappa shape index (κ1) is 22.9. The molecule has 2 aromatic rings. The Hall–Kier alpha value is -3.27. The van der Waals surface area contributed by atoms with Crippen LogP contribution in [0.5, 0.6) is 5.75 Å². The van der Waals surface area contributed by atoms with Crippen LogP contribution in [-0.4, -0.2) is 55.2 Å². The fourth-order valence-electron chi connectivity index (χ4n) is 3.73. The summed E-state index contributed by atoms with van der Waals surface area (Å²) < 4.78 is 41.1. The molecule has 4 rings (SSSR count). The summed E-state index contributed by atoms with van der Waals surface area (Å²) in [6.45, 7) is 2.39. The lowest BCUT2D eigenvalue weighted by atomic mass is 10.0. The van der Waals surface area contributed by atoms with Crippen LogP contribution in [0.3, 0.4) is 0 Å². The van der Waals surface area contributed by atoms with Crippen molar-refractivity contribution in [1.82, 2.24) is 9.88 Å². The Balaban J connectivity index is 1.60. The molecule has 1 aromatic carbocycles. The Bertz CT molecular complexity index is 1110. The highest BCUT2D eigenvalue weighted by molar-refractivity contribution is 6.34. The molecule has 1 fully saturated rings. The number of carbonyl (C=O) groups excluding carboxylic acids is 1. The summed E-state index contributed by atoms with van der Waals surface area (Å²) in [4.78, 5) is 25.9. The number of ether oxygens (including phenoxy) is 1. The number of rotatable bonds is 5. The van der Waals surface area contributed by atoms with Crippen LogP contribution in [0.4, 0.5) is 24.7 Å². The van der Waals surface area contributed by atoms with E-state index in [-0.39, 0.29) is 16.3 Å². The van der Waals surface area contributed by atoms with Crippen molar-refractivity contribution in [1.29, 1.82) is 0 Å². The topological polar surface area (TPSA) is 70.1 Å². The molecule has 1 amide bonds. The minimum absolute atomic E-state index is 0.0853. The van der Waals surface area contributed by atoms with Gasteiger partial charge in [0.15, 0.2) is 0 Å². The number of pyridine rings is 1. The third-order valence-corrected chi connectivity index (χ3v) is 5.53. The number of hydrogen-bond donors (Lipinski definition) is 1. The van der Waals surface area contributed by atoms with Gasteiger partial charge in [-0.05, 0) is 31.0 Å². The zero-order valence-electron chi connectivity index (χ0n) is 17.7. The Kier molecular flexibility index (Phi) is 6.46. The van der Waals surface area contributed by atoms with E-state index in [1.807, 2.05) is 11.9 Å². The number of carbonyl (C=O) groups is 1. The molecular weight excluding hydrogens is 459 g/mol. The normalized spacial score (nSPS) is 16.1. The first-order valence-corrected chi connectivity index (χ1v) is 10.6. The monoisotopic (exact) mass is 479 g/mol. The van der Waals surface area contributed by atoms with E-state index >= 15 is 0 Å². The third kappa shape index (κ3) is 5.57. The van der Waals surface area contributed by atoms with Gasteiger partial charge in [0.25, 0.3) is 5.91 Å². The van der Waals surface area contributed by atoms with Gasteiger partial charge in [-0.1, -0.05) is 11.6 Å². The van der Waals surface area contributed by atoms with Gasteiger partial charge in [0.2, 0.25) is 0 Å². The molecule has 2 aliphatic rings. The molecule has 0 aliphatic carbocycles. The number of nitrogens with one attached hydrogen (secondary N) is 1. The molecule has 11 heteroatoms. The molecule has 7 nitrogen and oxygen atoms in total. The van der Waals surface area contributed by atoms with Crippen molar-refractivity contribution < 1.29 is 22.7 Å². The smallest absolute Gasteiger partial charge is 0.406 e. The maximum atomic E-state index is 12.9. The maximum Gasteiger partial charge on any atom is 0.573 e. The summed E-state index contributed by atoms with van der Waals surface area (Å²) in [7, 11) is 1.91. The van der Waals surface area contributed by atoms with E-state index in [1.165, 1.54) is 12.3 Å². The molecule has 0 atom stereocenters. The minimum Gasteiger partial charge on any atom is -0.406 e. The molecule has 0 unspecified atom stereocenters. The van der Waals surface area contributed by atoms with Gasteiger partial charge in [-0.15, -0.1) is 13.2 Å². The first-order chi connectivity index (χ1) is 15.7. The van der Waals surface area contributed by atoms with Crippen LogP contribution in [0, 0.1) is 0 Å². The first-order valence-electron chi connectivity index (χ1n) is 10.2. The second-order valence-electron chi connectivity index (χ2n) is 7.77. The average Bonchev–Trinajstić information content (AvgIpc) is 3.29. The van der Waals surface area contributed by atoms with Gasteiger partial charge in [0.05, 0.1) is 22.6 Å². The van der Waals surface area contributed by atoms with E-state index in [0.717, 1.165) is 55.0 Å². The molecule has 2 aliphatic heterocycles. The SMILES string of the molecule is CN1C=NC=C(c2cc(C(=O)Nc3ccc(OC(F)(F)F)cc3Cl)cnc2N2CCCC2)C1. The molecule has 0 bridgehead atoms. The van der Waals surface area contributed by atoms with E-state index in [1.54, 1.807) is 18.6 Å². The lowest BCUT2D eigenvalue weighted by Crippen LogP contribution is -2.25. The van der Waals surface area contributed by atoms with Gasteiger partial charge in [-0.25, -0.2) is 9.98 Å². The Morgan fingerprint density at radius 3 is 2.64 bits per heavy atom. The quantitative estimate of drug-likeness (QED) is 0.667. The predicted octanol–water partition coefficient (Wildman–Crippen LogP) is 4.80. The molecule has 174 valence electrons. The van der Waals surface area contributed by atoms with Crippen molar-refractivity contribution in [3.05, 3.63) is 52.8 Å². The van der Waals surface area contributed by atoms with Crippen molar-refractivity contribution in [2.24, 2.45) is 4.99 Å². The summed E-state index contributed by atoms with van der Waals surface area (Å²) >= 11 is 6.06. The number of likely N-dealkylation sites (N-methyl/N-ethyl adjacent to an activating group) is 1. The molecule has 33 heavy (non-hydrogen) atoms. The van der Waals surface area contributed by atoms with Gasteiger partial charge in [0.1, 0.15) is 11.6 Å². The number of benzene rings is 1. The molecule has 3 heterocycles. The Morgan fingerprint density at radius 1 is 1.21 bits per heavy atom. The van der Waals surface area contributed by atoms with Gasteiger partial charge in [-0.2, -0.15) is 0 Å². The molecule has 0 saturated carbocycles. The standard InChI is InChI=1S/C22H21ClF3N5O2/c1-30-12-15(10-27-13-30)17-8-14(11-28-20(17)31-6-2-3-7-31)21(32)29-19-5-4-16(9-18(19)23)33-22(24,25)26/h4-5,8-11,13H,2-3,6-7,12H2,1H3,(H,29,32). The third-order valence-electron chi connectivity index (χ3n) is 5.22. The molecular formula is C22H21ClF3N5O2. The summed E-state index contributed by atoms with van der Waals surface area (Å²) in [5.41, 5.74) is 2.18. The summed E-state index contributed by atoms with van der Waals surface area (Å²) in [6.07, 6.45) is 2.28. The zero-order valence-corrected chi connectivity index (χ0v) is 18.5. The highest BCUT2D eigenvalue weighted by Crippen LogP contribution is 2.32. The van der Waals surface area contributed by atoms with Crippen molar-refractivity contribution in [2.45, 2.75) is 19.2 Å². The highest BCUT2D eigenvalue weighted by atomic mass is 35.5. The molecule has 0 radical (unpaired) electrons. The summed E-state index contributed by atoms with van der Waals surface area (Å²) in [5, 5.41) is 2.54. The van der Waals surface area contributed by atoms with Gasteiger partial charge < -0.3 is 19.9 Å². The fraction of sp³-hybridized carbons (Fsp3) is 0.318. The number of amides is 1. The fourth-order valence-corrected chi connectivity index (χ4v) is 3.95. The summed E-state index contributed by atoms with van der Waals surface area (Å²) in [6, 6.07) is 5.08. The van der Waals surface area contributed by atoms with Crippen molar-refractivity contribution in [3.63, 3.8) is 0 Å². The molecule has 1 N–H and O–H groups in total. The van der Waals surface area contributed by atoms with E-state index in [4.69, 9.17) is 11.6 Å². The second-order valence-corrected chi connectivity index (χ2v) is 8.17. The lowest BCUT2D eigenvalue weighted by molar-refractivity contribution is -0.274. The molecule has 0 spiro atoms. The molecule has 1 saturated heterocycles. The van der Waals surface area contributed by atoms with Crippen LogP contribution in [0.25, 0.3) is 5.57 Å². The second kappa shape index (κ2) is 9.30. The van der Waals surface area contributed by atoms with Crippen molar-refractivity contribution in [2.75, 3.05) is 36.9 Å². The van der Waals surface area contributed by atoms with Crippen LogP contribution >= 0.6 is 11.6 Å². The van der Waals surface area contributed by atoms with Crippen LogP contribution in [0.1, 0.15) is 28.8 Å². The van der Waals surface area contributed by atoms with E-state index in [0.29, 0.717) is 6.54 Å². The average molecular weight is 480 g/mol. The largest absolute Gasteiger partial charge is 0.573 e. The number of hydrogen-bond acceptors (Lipinski definition) is 6. The number of halogens is 4. The number of anilines is 2. The van der Waals surface area contributed by atoms with Gasteiger partial charge >= 0.3 is 6.36 Å². The van der Waals surface area contributed by atoms with Crippen molar-refractivity contribution >= 4 is 40.9 Å². The number of nitrogens with zero attached hydrogens (tertiary/aromatic N) is 4. The van der Waals surface area contributed by atoms with Crippen LogP contribution in [0.15, 0.2) is 41.7 Å². The zero-order chi connectivity index (χ0) is 23.6. The van der Waals surface area contributed by atoms with E-state index in [2.05, 4.69) is 24.9 Å². The molecule has 1 aromatic heterocycles. The van der Waals surface area contributed by atoms with Gasteiger partial charge in [-0.3, -0.25) is 4.79 Å². The van der Waals surface area contributed by atoms with Crippen LogP contribution < -0.4 is 15.0 Å². The van der Waals surface area contributed by atoms with E-state index < -0.39 is 18.0 Å². The minimum atomic E-state index is -4.83. The van der Waals surface area contributed by atoms with Crippen LogP contribution in [-0.2, 0) is 0 Å². The van der Waals surface area contributed by atoms with E-state index in [9.17, 15) is 18.0 Å². The Labute approximate surface area is 193 Å². The summed E-state index contributed by atoms with van der Waals surface area (Å²) in [5.74, 6) is -0.165. The van der Waals surface area contributed by atoms with Crippen LogP contribution in [0.2, 0.25) is 5.02 Å². The Morgan fingerprint density at radius 2 is 1.97 bits per heavy atom. The van der Waals surface area contributed by atoms with Crippen molar-refractivity contribution in [3.8, 4) is 5.75 Å². The van der Waals surface area contributed by atoms with Gasteiger partial charge in [0, 0.05) is 56.3 Å². The number of alkyl halides is 3. The predicted molar refractivity (Wildman–Crippen MR) is 121 cm³/mol.